The van der Waals surface area contributed by atoms with Crippen LogP contribution < -0.4 is 16.0 Å². The largest absolute Gasteiger partial charge is 0.354 e. The van der Waals surface area contributed by atoms with Gasteiger partial charge in [0.15, 0.2) is 5.13 Å². The van der Waals surface area contributed by atoms with Gasteiger partial charge in [-0.15, -0.1) is 36.2 Å². The molecule has 1 aromatic rings. The fourth-order valence-electron chi connectivity index (χ4n) is 1.29. The number of nitrogens with one attached hydrogen (secondary N) is 3. The van der Waals surface area contributed by atoms with E-state index < -0.39 is 0 Å². The van der Waals surface area contributed by atoms with Crippen molar-refractivity contribution in [3.8, 4) is 0 Å². The number of hydrogen-bond donors (Lipinski definition) is 3. The van der Waals surface area contributed by atoms with Crippen molar-refractivity contribution < 1.29 is 9.59 Å². The van der Waals surface area contributed by atoms with Gasteiger partial charge >= 0.3 is 0 Å². The molecule has 0 radical (unpaired) electrons. The lowest BCUT2D eigenvalue weighted by Gasteiger charge is -2.10. The maximum Gasteiger partial charge on any atom is 0.228 e. The zero-order valence-corrected chi connectivity index (χ0v) is 15.6. The number of carbonyl (C=O) groups excluding carboxylic acids is 2. The van der Waals surface area contributed by atoms with Crippen LogP contribution in [0.2, 0.25) is 0 Å². The summed E-state index contributed by atoms with van der Waals surface area (Å²) in [5.74, 6) is -0.231. The van der Waals surface area contributed by atoms with Gasteiger partial charge in [0.2, 0.25) is 11.8 Å². The van der Waals surface area contributed by atoms with Gasteiger partial charge in [0.1, 0.15) is 0 Å². The normalized spacial score (nSPS) is 11.1. The minimum absolute atomic E-state index is 0. The van der Waals surface area contributed by atoms with E-state index in [9.17, 15) is 9.59 Å². The molecule has 0 saturated carbocycles. The topological polar surface area (TPSA) is 83.1 Å². The van der Waals surface area contributed by atoms with E-state index in [1.807, 2.05) is 27.8 Å². The number of halogens is 2. The first kappa shape index (κ1) is 23.4. The fraction of sp³-hybridized carbons (Fsp3) is 0.615. The number of anilines is 1. The zero-order valence-electron chi connectivity index (χ0n) is 13.1. The quantitative estimate of drug-likeness (QED) is 0.683. The number of carbonyl (C=O) groups is 2. The Kier molecular flexibility index (Phi) is 12.4. The van der Waals surface area contributed by atoms with E-state index in [0.717, 1.165) is 0 Å². The number of thiazole rings is 1. The molecule has 1 rings (SSSR count). The second-order valence-corrected chi connectivity index (χ2v) is 5.82. The summed E-state index contributed by atoms with van der Waals surface area (Å²) in [5, 5.41) is 10.9. The summed E-state index contributed by atoms with van der Waals surface area (Å²) in [6.07, 6.45) is 0.227. The third-order valence-corrected chi connectivity index (χ3v) is 3.55. The molecule has 128 valence electrons. The lowest BCUT2D eigenvalue weighted by atomic mass is 10.2. The van der Waals surface area contributed by atoms with Crippen LogP contribution in [-0.2, 0) is 16.0 Å². The van der Waals surface area contributed by atoms with E-state index in [4.69, 9.17) is 0 Å². The molecular weight excluding hydrogens is 347 g/mol. The van der Waals surface area contributed by atoms with Crippen LogP contribution in [0.3, 0.4) is 0 Å². The molecular formula is C13H24Cl2N4O2S. The van der Waals surface area contributed by atoms with E-state index in [0.29, 0.717) is 17.4 Å². The molecule has 9 heteroatoms. The van der Waals surface area contributed by atoms with Crippen LogP contribution in [0.4, 0.5) is 5.13 Å². The highest BCUT2D eigenvalue weighted by molar-refractivity contribution is 7.13. The van der Waals surface area contributed by atoms with Crippen molar-refractivity contribution in [1.29, 1.82) is 0 Å². The van der Waals surface area contributed by atoms with Crippen molar-refractivity contribution in [2.45, 2.75) is 33.2 Å². The number of likely N-dealkylation sites (N-methyl/N-ethyl adjacent to an activating group) is 1. The summed E-state index contributed by atoms with van der Waals surface area (Å²) in [7, 11) is 1.85. The Bertz CT molecular complexity index is 469. The van der Waals surface area contributed by atoms with Crippen molar-refractivity contribution >= 4 is 53.1 Å². The minimum atomic E-state index is -0.0892. The number of rotatable bonds is 7. The average Bonchev–Trinajstić information content (AvgIpc) is 2.82. The Hall–Kier alpha value is -0.890. The molecule has 1 atom stereocenters. The first-order valence-corrected chi connectivity index (χ1v) is 7.49. The van der Waals surface area contributed by atoms with Crippen molar-refractivity contribution in [3.63, 3.8) is 0 Å². The molecule has 3 N–H and O–H groups in total. The Morgan fingerprint density at radius 3 is 2.45 bits per heavy atom. The number of nitrogens with zero attached hydrogens (tertiary/aromatic N) is 1. The van der Waals surface area contributed by atoms with Crippen LogP contribution in [0.5, 0.6) is 0 Å². The predicted octanol–water partition coefficient (Wildman–Crippen LogP) is 1.85. The monoisotopic (exact) mass is 370 g/mol. The molecule has 2 amide bonds. The highest BCUT2D eigenvalue weighted by atomic mass is 35.5. The van der Waals surface area contributed by atoms with Crippen molar-refractivity contribution in [1.82, 2.24) is 15.6 Å². The van der Waals surface area contributed by atoms with E-state index in [1.165, 1.54) is 11.3 Å². The van der Waals surface area contributed by atoms with Gasteiger partial charge in [-0.2, -0.15) is 0 Å². The second kappa shape index (κ2) is 11.6. The van der Waals surface area contributed by atoms with Gasteiger partial charge in [-0.25, -0.2) is 4.98 Å². The standard InChI is InChI=1S/C13H22N4O2S.2ClH/c1-8(2)12(19)17-13-16-10(7-20-13)5-11(18)15-6-9(3)14-4;;/h7-9,14H,5-6H2,1-4H3,(H,15,18)(H,16,17,19);2*1H. The summed E-state index contributed by atoms with van der Waals surface area (Å²) >= 11 is 1.33. The number of hydrogen-bond acceptors (Lipinski definition) is 5. The van der Waals surface area contributed by atoms with E-state index in [-0.39, 0.29) is 55.0 Å². The summed E-state index contributed by atoms with van der Waals surface area (Å²) in [5.41, 5.74) is 0.670. The van der Waals surface area contributed by atoms with E-state index in [2.05, 4.69) is 20.9 Å². The molecule has 0 aliphatic heterocycles. The Balaban J connectivity index is 0. The van der Waals surface area contributed by atoms with Gasteiger partial charge in [0.25, 0.3) is 0 Å². The molecule has 0 saturated heterocycles. The lowest BCUT2D eigenvalue weighted by Crippen LogP contribution is -2.37. The van der Waals surface area contributed by atoms with Gasteiger partial charge in [-0.05, 0) is 14.0 Å². The van der Waals surface area contributed by atoms with Crippen molar-refractivity contribution in [2.24, 2.45) is 5.92 Å². The average molecular weight is 371 g/mol. The van der Waals surface area contributed by atoms with Gasteiger partial charge in [-0.3, -0.25) is 9.59 Å². The fourth-order valence-corrected chi connectivity index (χ4v) is 2.00. The minimum Gasteiger partial charge on any atom is -0.354 e. The lowest BCUT2D eigenvalue weighted by molar-refractivity contribution is -0.120. The third kappa shape index (κ3) is 8.53. The molecule has 0 aliphatic rings. The Labute approximate surface area is 147 Å². The predicted molar refractivity (Wildman–Crippen MR) is 95.3 cm³/mol. The molecule has 1 unspecified atom stereocenters. The van der Waals surface area contributed by atoms with Crippen LogP contribution in [0.1, 0.15) is 26.5 Å². The summed E-state index contributed by atoms with van der Waals surface area (Å²) in [4.78, 5) is 27.5. The Morgan fingerprint density at radius 2 is 1.91 bits per heavy atom. The van der Waals surface area contributed by atoms with Gasteiger partial charge in [0, 0.05) is 23.9 Å². The molecule has 0 aromatic carbocycles. The van der Waals surface area contributed by atoms with E-state index >= 15 is 0 Å². The molecule has 0 aliphatic carbocycles. The molecule has 0 spiro atoms. The SMILES string of the molecule is CNC(C)CNC(=O)Cc1csc(NC(=O)C(C)C)n1.Cl.Cl. The summed E-state index contributed by atoms with van der Waals surface area (Å²) in [6, 6.07) is 0.232. The number of aromatic nitrogens is 1. The van der Waals surface area contributed by atoms with Crippen molar-refractivity contribution in [2.75, 3.05) is 18.9 Å². The molecule has 0 bridgehead atoms. The zero-order chi connectivity index (χ0) is 15.1. The molecule has 22 heavy (non-hydrogen) atoms. The maximum absolute atomic E-state index is 11.7. The smallest absolute Gasteiger partial charge is 0.228 e. The highest BCUT2D eigenvalue weighted by Crippen LogP contribution is 2.16. The first-order valence-electron chi connectivity index (χ1n) is 6.61. The van der Waals surface area contributed by atoms with Crippen LogP contribution in [0.15, 0.2) is 5.38 Å². The summed E-state index contributed by atoms with van der Waals surface area (Å²) < 4.78 is 0. The van der Waals surface area contributed by atoms with Gasteiger partial charge < -0.3 is 16.0 Å². The van der Waals surface area contributed by atoms with Crippen LogP contribution >= 0.6 is 36.2 Å². The van der Waals surface area contributed by atoms with Gasteiger partial charge in [0.05, 0.1) is 12.1 Å². The maximum atomic E-state index is 11.7. The molecule has 1 aromatic heterocycles. The molecule has 6 nitrogen and oxygen atoms in total. The third-order valence-electron chi connectivity index (χ3n) is 2.75. The van der Waals surface area contributed by atoms with Crippen LogP contribution in [-0.4, -0.2) is 36.4 Å². The van der Waals surface area contributed by atoms with Gasteiger partial charge in [-0.1, -0.05) is 13.8 Å². The highest BCUT2D eigenvalue weighted by Gasteiger charge is 2.12. The van der Waals surface area contributed by atoms with E-state index in [1.54, 1.807) is 5.38 Å². The first-order chi connectivity index (χ1) is 9.42. The Morgan fingerprint density at radius 1 is 1.27 bits per heavy atom. The van der Waals surface area contributed by atoms with Crippen molar-refractivity contribution in [3.05, 3.63) is 11.1 Å². The number of amides is 2. The molecule has 0 fully saturated rings. The van der Waals surface area contributed by atoms with Crippen LogP contribution in [0.25, 0.3) is 0 Å². The summed E-state index contributed by atoms with van der Waals surface area (Å²) in [6.45, 7) is 6.21. The second-order valence-electron chi connectivity index (χ2n) is 4.96. The van der Waals surface area contributed by atoms with Crippen LogP contribution in [0, 0.1) is 5.92 Å². The molecule has 1 heterocycles.